The van der Waals surface area contributed by atoms with Gasteiger partial charge in [-0.15, -0.1) is 0 Å². The predicted molar refractivity (Wildman–Crippen MR) is 64.3 cm³/mol. The third kappa shape index (κ3) is 2.00. The minimum atomic E-state index is 0.575. The molecule has 1 heterocycles. The Hall–Kier alpha value is -1.02. The van der Waals surface area contributed by atoms with Gasteiger partial charge < -0.3 is 0 Å². The van der Waals surface area contributed by atoms with Crippen molar-refractivity contribution >= 4 is 22.5 Å². The molecule has 0 aliphatic heterocycles. The molecule has 0 amide bonds. The lowest BCUT2D eigenvalue weighted by atomic mass is 10.2. The van der Waals surface area contributed by atoms with Crippen molar-refractivity contribution < 1.29 is 0 Å². The maximum atomic E-state index is 6.10. The lowest BCUT2D eigenvalue weighted by molar-refractivity contribution is 0.495. The van der Waals surface area contributed by atoms with Gasteiger partial charge in [-0.2, -0.15) is 5.10 Å². The molecule has 0 atom stereocenters. The SMILES string of the molecule is Cc1ccc2c(c1)c(Cl)nn2CC(C)C. The van der Waals surface area contributed by atoms with E-state index in [1.54, 1.807) is 0 Å². The Kier molecular flexibility index (Phi) is 2.70. The highest BCUT2D eigenvalue weighted by Crippen LogP contribution is 2.24. The molecule has 2 aromatic rings. The number of benzene rings is 1. The van der Waals surface area contributed by atoms with Gasteiger partial charge in [0, 0.05) is 11.9 Å². The van der Waals surface area contributed by atoms with Crippen LogP contribution in [0.15, 0.2) is 18.2 Å². The molecular weight excluding hydrogens is 208 g/mol. The van der Waals surface area contributed by atoms with Crippen LogP contribution in [-0.2, 0) is 6.54 Å². The topological polar surface area (TPSA) is 17.8 Å². The molecule has 0 spiro atoms. The Morgan fingerprint density at radius 3 is 2.80 bits per heavy atom. The number of aryl methyl sites for hydroxylation is 1. The zero-order valence-corrected chi connectivity index (χ0v) is 10.0. The fourth-order valence-electron chi connectivity index (χ4n) is 1.74. The summed E-state index contributed by atoms with van der Waals surface area (Å²) in [5, 5.41) is 6.01. The van der Waals surface area contributed by atoms with Crippen LogP contribution in [0.3, 0.4) is 0 Å². The van der Waals surface area contributed by atoms with Gasteiger partial charge in [0.1, 0.15) is 0 Å². The Bertz CT molecular complexity index is 486. The van der Waals surface area contributed by atoms with Gasteiger partial charge in [-0.3, -0.25) is 4.68 Å². The first-order valence-corrected chi connectivity index (χ1v) is 5.58. The van der Waals surface area contributed by atoms with Crippen LogP contribution in [0.4, 0.5) is 0 Å². The molecule has 0 bridgehead atoms. The third-order valence-electron chi connectivity index (χ3n) is 2.40. The van der Waals surface area contributed by atoms with Crippen molar-refractivity contribution in [2.75, 3.05) is 0 Å². The van der Waals surface area contributed by atoms with Crippen LogP contribution in [0.2, 0.25) is 5.15 Å². The second-order valence-corrected chi connectivity index (χ2v) is 4.75. The molecule has 3 heteroatoms. The fraction of sp³-hybridized carbons (Fsp3) is 0.417. The van der Waals surface area contributed by atoms with E-state index in [1.165, 1.54) is 5.56 Å². The first-order valence-electron chi connectivity index (χ1n) is 5.20. The predicted octanol–water partition coefficient (Wildman–Crippen LogP) is 3.65. The summed E-state index contributed by atoms with van der Waals surface area (Å²) in [5.41, 5.74) is 2.34. The summed E-state index contributed by atoms with van der Waals surface area (Å²) in [6.07, 6.45) is 0. The van der Waals surface area contributed by atoms with Crippen LogP contribution in [0.25, 0.3) is 10.9 Å². The van der Waals surface area contributed by atoms with Crippen LogP contribution in [0.1, 0.15) is 19.4 Å². The number of aromatic nitrogens is 2. The van der Waals surface area contributed by atoms with Crippen molar-refractivity contribution in [3.05, 3.63) is 28.9 Å². The van der Waals surface area contributed by atoms with Crippen molar-refractivity contribution in [1.82, 2.24) is 9.78 Å². The maximum Gasteiger partial charge on any atom is 0.158 e. The minimum Gasteiger partial charge on any atom is -0.263 e. The Morgan fingerprint density at radius 2 is 2.13 bits per heavy atom. The van der Waals surface area contributed by atoms with E-state index in [-0.39, 0.29) is 0 Å². The van der Waals surface area contributed by atoms with E-state index in [0.717, 1.165) is 17.4 Å². The summed E-state index contributed by atoms with van der Waals surface area (Å²) < 4.78 is 1.99. The van der Waals surface area contributed by atoms with E-state index in [0.29, 0.717) is 11.1 Å². The van der Waals surface area contributed by atoms with E-state index >= 15 is 0 Å². The van der Waals surface area contributed by atoms with Crippen LogP contribution in [0.5, 0.6) is 0 Å². The molecule has 0 saturated heterocycles. The van der Waals surface area contributed by atoms with E-state index in [9.17, 15) is 0 Å². The molecule has 80 valence electrons. The van der Waals surface area contributed by atoms with Gasteiger partial charge >= 0.3 is 0 Å². The van der Waals surface area contributed by atoms with Crippen LogP contribution in [0, 0.1) is 12.8 Å². The average molecular weight is 223 g/mol. The molecule has 0 saturated carbocycles. The Morgan fingerprint density at radius 1 is 1.40 bits per heavy atom. The zero-order valence-electron chi connectivity index (χ0n) is 9.29. The summed E-state index contributed by atoms with van der Waals surface area (Å²) in [4.78, 5) is 0. The summed E-state index contributed by atoms with van der Waals surface area (Å²) in [6.45, 7) is 7.33. The van der Waals surface area contributed by atoms with Gasteiger partial charge in [-0.05, 0) is 25.0 Å². The van der Waals surface area contributed by atoms with Gasteiger partial charge in [0.25, 0.3) is 0 Å². The molecule has 0 aliphatic carbocycles. The summed E-state index contributed by atoms with van der Waals surface area (Å²) in [7, 11) is 0. The van der Waals surface area contributed by atoms with E-state index in [1.807, 2.05) is 4.68 Å². The fourth-order valence-corrected chi connectivity index (χ4v) is 1.98. The van der Waals surface area contributed by atoms with Crippen molar-refractivity contribution in [1.29, 1.82) is 0 Å². The third-order valence-corrected chi connectivity index (χ3v) is 2.68. The number of hydrogen-bond donors (Lipinski definition) is 0. The van der Waals surface area contributed by atoms with Gasteiger partial charge in [-0.25, -0.2) is 0 Å². The number of nitrogens with zero attached hydrogens (tertiary/aromatic N) is 2. The number of rotatable bonds is 2. The maximum absolute atomic E-state index is 6.10. The standard InChI is InChI=1S/C12H15ClN2/c1-8(2)7-15-11-5-4-9(3)6-10(11)12(13)14-15/h4-6,8H,7H2,1-3H3. The van der Waals surface area contributed by atoms with Crippen molar-refractivity contribution in [2.45, 2.75) is 27.3 Å². The molecule has 2 nitrogen and oxygen atoms in total. The Balaban J connectivity index is 2.57. The molecule has 0 fully saturated rings. The van der Waals surface area contributed by atoms with E-state index < -0.39 is 0 Å². The first kappa shape index (κ1) is 10.5. The summed E-state index contributed by atoms with van der Waals surface area (Å²) in [6, 6.07) is 6.27. The lowest BCUT2D eigenvalue weighted by Crippen LogP contribution is -2.05. The van der Waals surface area contributed by atoms with Crippen LogP contribution in [-0.4, -0.2) is 9.78 Å². The normalized spacial score (nSPS) is 11.5. The zero-order chi connectivity index (χ0) is 11.0. The van der Waals surface area contributed by atoms with Gasteiger partial charge in [0.15, 0.2) is 5.15 Å². The smallest absolute Gasteiger partial charge is 0.158 e. The van der Waals surface area contributed by atoms with Crippen molar-refractivity contribution in [3.63, 3.8) is 0 Å². The molecule has 0 N–H and O–H groups in total. The summed E-state index contributed by atoms with van der Waals surface area (Å²) >= 11 is 6.10. The molecular formula is C12H15ClN2. The van der Waals surface area contributed by atoms with Gasteiger partial charge in [-0.1, -0.05) is 37.1 Å². The highest BCUT2D eigenvalue weighted by Gasteiger charge is 2.09. The second kappa shape index (κ2) is 3.86. The monoisotopic (exact) mass is 222 g/mol. The van der Waals surface area contributed by atoms with Crippen LogP contribution >= 0.6 is 11.6 Å². The summed E-state index contributed by atoms with van der Waals surface area (Å²) in [5.74, 6) is 0.575. The second-order valence-electron chi connectivity index (χ2n) is 4.39. The lowest BCUT2D eigenvalue weighted by Gasteiger charge is -2.05. The molecule has 0 unspecified atom stereocenters. The molecule has 0 aliphatic rings. The molecule has 1 aromatic carbocycles. The van der Waals surface area contributed by atoms with E-state index in [4.69, 9.17) is 11.6 Å². The Labute approximate surface area is 94.8 Å². The largest absolute Gasteiger partial charge is 0.263 e. The van der Waals surface area contributed by atoms with Crippen molar-refractivity contribution in [3.8, 4) is 0 Å². The van der Waals surface area contributed by atoms with Crippen LogP contribution < -0.4 is 0 Å². The number of fused-ring (bicyclic) bond motifs is 1. The quantitative estimate of drug-likeness (QED) is 0.759. The molecule has 15 heavy (non-hydrogen) atoms. The van der Waals surface area contributed by atoms with Crippen molar-refractivity contribution in [2.24, 2.45) is 5.92 Å². The minimum absolute atomic E-state index is 0.575. The number of halogens is 1. The van der Waals surface area contributed by atoms with Gasteiger partial charge in [0.05, 0.1) is 5.52 Å². The number of hydrogen-bond acceptors (Lipinski definition) is 1. The molecule has 2 rings (SSSR count). The van der Waals surface area contributed by atoms with Gasteiger partial charge in [0.2, 0.25) is 0 Å². The first-order chi connectivity index (χ1) is 7.08. The molecule has 1 aromatic heterocycles. The van der Waals surface area contributed by atoms with E-state index in [2.05, 4.69) is 44.1 Å². The highest BCUT2D eigenvalue weighted by atomic mass is 35.5. The molecule has 0 radical (unpaired) electrons. The average Bonchev–Trinajstić information content (AvgIpc) is 2.42. The highest BCUT2D eigenvalue weighted by molar-refractivity contribution is 6.34.